The molecule has 0 bridgehead atoms. The minimum Gasteiger partial charge on any atom is -0.237 e. The third kappa shape index (κ3) is 4.52. The van der Waals surface area contributed by atoms with Crippen LogP contribution in [0.15, 0.2) is 128 Å². The lowest BCUT2D eigenvalue weighted by Gasteiger charge is -2.16. The van der Waals surface area contributed by atoms with Gasteiger partial charge < -0.3 is 0 Å². The first-order valence-corrected chi connectivity index (χ1v) is 14.8. The van der Waals surface area contributed by atoms with Crippen molar-refractivity contribution in [1.82, 2.24) is 15.0 Å². The van der Waals surface area contributed by atoms with Crippen molar-refractivity contribution < 1.29 is 0 Å². The van der Waals surface area contributed by atoms with E-state index in [1.54, 1.807) is 11.3 Å². The lowest BCUT2D eigenvalue weighted by atomic mass is 9.90. The second-order valence-electron chi connectivity index (χ2n) is 10.0. The van der Waals surface area contributed by atoms with Crippen LogP contribution < -0.4 is 0 Å². The average molecular weight is 558 g/mol. The molecule has 4 aromatic carbocycles. The first kappa shape index (κ1) is 25.8. The maximum absolute atomic E-state index is 5.17. The fraction of sp³-hybridized carbons (Fsp3) is 0.0263. The highest BCUT2D eigenvalue weighted by Gasteiger charge is 2.22. The third-order valence-electron chi connectivity index (χ3n) is 7.43. The van der Waals surface area contributed by atoms with Crippen LogP contribution in [0.2, 0.25) is 0 Å². The van der Waals surface area contributed by atoms with Gasteiger partial charge in [-0.05, 0) is 30.7 Å². The monoisotopic (exact) mass is 557 g/mol. The molecule has 3 aromatic heterocycles. The summed E-state index contributed by atoms with van der Waals surface area (Å²) < 4.78 is 1.21. The predicted octanol–water partition coefficient (Wildman–Crippen LogP) is 10.6. The lowest BCUT2D eigenvalue weighted by Crippen LogP contribution is -1.99. The molecule has 7 aromatic rings. The van der Waals surface area contributed by atoms with Gasteiger partial charge in [-0.25, -0.2) is 15.0 Å². The maximum Gasteiger partial charge on any atom is 0.161 e. The van der Waals surface area contributed by atoms with Gasteiger partial charge in [-0.15, -0.1) is 11.3 Å². The second kappa shape index (κ2) is 11.0. The quantitative estimate of drug-likeness (QED) is 0.204. The number of nitrogens with zero attached hydrogens (tertiary/aromatic N) is 3. The molecule has 0 saturated heterocycles. The minimum absolute atomic E-state index is 0.679. The van der Waals surface area contributed by atoms with Crippen LogP contribution in [0.1, 0.15) is 18.2 Å². The van der Waals surface area contributed by atoms with Gasteiger partial charge in [0, 0.05) is 43.3 Å². The Hall–Kier alpha value is -5.19. The Morgan fingerprint density at radius 1 is 0.667 bits per heavy atom. The zero-order valence-electron chi connectivity index (χ0n) is 23.2. The van der Waals surface area contributed by atoms with Gasteiger partial charge in [-0.3, -0.25) is 0 Å². The van der Waals surface area contributed by atoms with Crippen LogP contribution >= 0.6 is 11.3 Å². The number of fused-ring (bicyclic) bond motifs is 3. The van der Waals surface area contributed by atoms with Crippen molar-refractivity contribution >= 4 is 43.8 Å². The molecule has 0 aliphatic rings. The van der Waals surface area contributed by atoms with E-state index in [-0.39, 0.29) is 0 Å². The molecule has 0 saturated carbocycles. The molecule has 0 aliphatic heterocycles. The van der Waals surface area contributed by atoms with Crippen LogP contribution in [0.25, 0.3) is 77.5 Å². The van der Waals surface area contributed by atoms with E-state index in [1.165, 1.54) is 10.1 Å². The van der Waals surface area contributed by atoms with Gasteiger partial charge in [-0.1, -0.05) is 122 Å². The first-order valence-electron chi connectivity index (χ1n) is 13.9. The number of hydrogen-bond acceptors (Lipinski definition) is 4. The molecule has 200 valence electrons. The third-order valence-corrected chi connectivity index (χ3v) is 8.49. The first-order chi connectivity index (χ1) is 20.7. The smallest absolute Gasteiger partial charge is 0.161 e. The van der Waals surface area contributed by atoms with E-state index in [0.29, 0.717) is 5.82 Å². The van der Waals surface area contributed by atoms with E-state index in [2.05, 4.69) is 91.5 Å². The van der Waals surface area contributed by atoms with Gasteiger partial charge in [0.2, 0.25) is 0 Å². The Bertz CT molecular complexity index is 2050. The van der Waals surface area contributed by atoms with Crippen LogP contribution in [-0.2, 0) is 0 Å². The molecule has 0 spiro atoms. The van der Waals surface area contributed by atoms with Crippen LogP contribution in [0.3, 0.4) is 0 Å². The Kier molecular flexibility index (Phi) is 6.75. The molecule has 0 N–H and O–H groups in total. The maximum atomic E-state index is 5.17. The van der Waals surface area contributed by atoms with Gasteiger partial charge in [0.1, 0.15) is 4.83 Å². The summed E-state index contributed by atoms with van der Waals surface area (Å²) in [6.07, 6.45) is 6.02. The van der Waals surface area contributed by atoms with Gasteiger partial charge in [0.25, 0.3) is 0 Å². The predicted molar refractivity (Wildman–Crippen MR) is 179 cm³/mol. The van der Waals surface area contributed by atoms with Crippen molar-refractivity contribution in [2.45, 2.75) is 6.92 Å². The molecule has 0 unspecified atom stereocenters. The Morgan fingerprint density at radius 2 is 1.26 bits per heavy atom. The zero-order valence-corrected chi connectivity index (χ0v) is 24.0. The van der Waals surface area contributed by atoms with E-state index < -0.39 is 0 Å². The van der Waals surface area contributed by atoms with Gasteiger partial charge >= 0.3 is 0 Å². The number of rotatable bonds is 6. The molecular formula is C38H27N3S. The van der Waals surface area contributed by atoms with E-state index in [1.807, 2.05) is 55.5 Å². The molecule has 42 heavy (non-hydrogen) atoms. The summed E-state index contributed by atoms with van der Waals surface area (Å²) in [7, 11) is 0. The summed E-state index contributed by atoms with van der Waals surface area (Å²) in [5.41, 5.74) is 8.89. The van der Waals surface area contributed by atoms with E-state index in [9.17, 15) is 0 Å². The largest absolute Gasteiger partial charge is 0.237 e. The van der Waals surface area contributed by atoms with E-state index >= 15 is 0 Å². The standard InChI is InChI=1S/C38H27N3S/c1-3-15-31-27(4-2)35(36-30-22-13-14-23-34(30)42-38(36)41-31)28-20-11-12-21-29(28)37-39-32(25-16-7-5-8-17-25)24-33(40-37)26-18-9-6-10-19-26/h3-24H,2H2,1H3/b15-3-. The average Bonchev–Trinajstić information content (AvgIpc) is 3.43. The van der Waals surface area contributed by atoms with Crippen molar-refractivity contribution in [3.8, 4) is 45.0 Å². The lowest BCUT2D eigenvalue weighted by molar-refractivity contribution is 1.18. The van der Waals surface area contributed by atoms with Crippen LogP contribution in [0.4, 0.5) is 0 Å². The Morgan fingerprint density at radius 3 is 1.90 bits per heavy atom. The molecular weight excluding hydrogens is 531 g/mol. The fourth-order valence-corrected chi connectivity index (χ4v) is 6.63. The summed E-state index contributed by atoms with van der Waals surface area (Å²) >= 11 is 1.72. The van der Waals surface area contributed by atoms with E-state index in [4.69, 9.17) is 15.0 Å². The van der Waals surface area contributed by atoms with Gasteiger partial charge in [0.05, 0.1) is 17.1 Å². The van der Waals surface area contributed by atoms with E-state index in [0.717, 1.165) is 60.7 Å². The molecule has 0 atom stereocenters. The van der Waals surface area contributed by atoms with Crippen molar-refractivity contribution in [3.63, 3.8) is 0 Å². The summed E-state index contributed by atoms with van der Waals surface area (Å²) in [4.78, 5) is 16.4. The molecule has 0 fully saturated rings. The molecule has 4 heteroatoms. The highest BCUT2D eigenvalue weighted by Crippen LogP contribution is 2.45. The number of pyridine rings is 1. The molecule has 3 nitrogen and oxygen atoms in total. The number of allylic oxidation sites excluding steroid dienone is 1. The van der Waals surface area contributed by atoms with Gasteiger partial charge in [-0.2, -0.15) is 0 Å². The fourth-order valence-electron chi connectivity index (χ4n) is 5.53. The number of thiophene rings is 1. The van der Waals surface area contributed by atoms with Crippen molar-refractivity contribution in [2.75, 3.05) is 0 Å². The second-order valence-corrected chi connectivity index (χ2v) is 11.0. The summed E-state index contributed by atoms with van der Waals surface area (Å²) in [6, 6.07) is 39.6. The van der Waals surface area contributed by atoms with Crippen molar-refractivity contribution in [2.24, 2.45) is 0 Å². The summed E-state index contributed by atoms with van der Waals surface area (Å²) in [6.45, 7) is 6.26. The topological polar surface area (TPSA) is 38.7 Å². The highest BCUT2D eigenvalue weighted by molar-refractivity contribution is 7.25. The van der Waals surface area contributed by atoms with Crippen molar-refractivity contribution in [1.29, 1.82) is 0 Å². The number of hydrogen-bond donors (Lipinski definition) is 0. The minimum atomic E-state index is 0.679. The highest BCUT2D eigenvalue weighted by atomic mass is 32.1. The van der Waals surface area contributed by atoms with Crippen LogP contribution in [0.5, 0.6) is 0 Å². The normalized spacial score (nSPS) is 11.5. The summed E-state index contributed by atoms with van der Waals surface area (Å²) in [5, 5.41) is 2.32. The van der Waals surface area contributed by atoms with Crippen molar-refractivity contribution in [3.05, 3.63) is 139 Å². The molecule has 0 aliphatic carbocycles. The molecule has 0 radical (unpaired) electrons. The Labute approximate surface area is 249 Å². The summed E-state index contributed by atoms with van der Waals surface area (Å²) in [5.74, 6) is 0.679. The number of benzene rings is 4. The Balaban J connectivity index is 1.56. The van der Waals surface area contributed by atoms with Crippen LogP contribution in [-0.4, -0.2) is 15.0 Å². The SMILES string of the molecule is C=Cc1c(/C=C\C)nc2sc3ccccc3c2c1-c1ccccc1-c1nc(-c2ccccc2)cc(-c2ccccc2)n1. The molecule has 0 amide bonds. The molecule has 7 rings (SSSR count). The number of aromatic nitrogens is 3. The van der Waals surface area contributed by atoms with Crippen LogP contribution in [0, 0.1) is 0 Å². The van der Waals surface area contributed by atoms with Gasteiger partial charge in [0.15, 0.2) is 5.82 Å². The molecule has 3 heterocycles. The zero-order chi connectivity index (χ0) is 28.5.